The zero-order chi connectivity index (χ0) is 19.2. The molecular formula is C22H27NO4. The van der Waals surface area contributed by atoms with E-state index in [1.165, 1.54) is 11.0 Å². The lowest BCUT2D eigenvalue weighted by atomic mass is 10.0. The van der Waals surface area contributed by atoms with Crippen molar-refractivity contribution in [2.24, 2.45) is 0 Å². The van der Waals surface area contributed by atoms with Gasteiger partial charge in [-0.15, -0.1) is 0 Å². The van der Waals surface area contributed by atoms with Gasteiger partial charge in [-0.2, -0.15) is 0 Å². The van der Waals surface area contributed by atoms with Crippen LogP contribution in [0.25, 0.3) is 6.08 Å². The molecule has 0 radical (unpaired) electrons. The van der Waals surface area contributed by atoms with E-state index in [9.17, 15) is 9.90 Å². The van der Waals surface area contributed by atoms with E-state index in [0.717, 1.165) is 38.8 Å². The maximum absolute atomic E-state index is 12.7. The molecule has 0 spiro atoms. The van der Waals surface area contributed by atoms with Crippen LogP contribution in [0.2, 0.25) is 0 Å². The molecule has 27 heavy (non-hydrogen) atoms. The first-order chi connectivity index (χ1) is 13.1. The van der Waals surface area contributed by atoms with Gasteiger partial charge in [-0.3, -0.25) is 4.79 Å². The molecule has 1 aliphatic heterocycles. The molecule has 2 heterocycles. The van der Waals surface area contributed by atoms with E-state index in [1.54, 1.807) is 30.5 Å². The van der Waals surface area contributed by atoms with Crippen molar-refractivity contribution in [2.75, 3.05) is 13.1 Å². The van der Waals surface area contributed by atoms with Crippen LogP contribution in [-0.2, 0) is 6.54 Å². The minimum absolute atomic E-state index is 0.0636. The van der Waals surface area contributed by atoms with Crippen LogP contribution >= 0.6 is 0 Å². The summed E-state index contributed by atoms with van der Waals surface area (Å²) >= 11 is 0. The first-order valence-electron chi connectivity index (χ1n) is 9.78. The Kier molecular flexibility index (Phi) is 6.35. The second kappa shape index (κ2) is 8.91. The minimum Gasteiger partial charge on any atom is -0.872 e. The highest BCUT2D eigenvalue weighted by Gasteiger charge is 2.31. The third kappa shape index (κ3) is 4.42. The predicted octanol–water partition coefficient (Wildman–Crippen LogP) is 2.95. The van der Waals surface area contributed by atoms with E-state index in [4.69, 9.17) is 9.15 Å². The average molecular weight is 369 g/mol. The van der Waals surface area contributed by atoms with Crippen molar-refractivity contribution in [2.45, 2.75) is 46.1 Å². The molecule has 0 bridgehead atoms. The molecule has 0 atom stereocenters. The van der Waals surface area contributed by atoms with Crippen molar-refractivity contribution in [3.05, 3.63) is 53.2 Å². The molecule has 144 valence electrons. The summed E-state index contributed by atoms with van der Waals surface area (Å²) in [6, 6.07) is 6.57. The maximum Gasteiger partial charge on any atom is 0.232 e. The summed E-state index contributed by atoms with van der Waals surface area (Å²) in [6.45, 7) is 6.96. The number of rotatable bonds is 9. The van der Waals surface area contributed by atoms with Gasteiger partial charge in [-0.25, -0.2) is 0 Å². The first kappa shape index (κ1) is 19.2. The van der Waals surface area contributed by atoms with Crippen molar-refractivity contribution < 1.29 is 24.0 Å². The number of unbranched alkanes of at least 4 members (excludes halogenated alkanes) is 2. The van der Waals surface area contributed by atoms with E-state index in [0.29, 0.717) is 29.2 Å². The van der Waals surface area contributed by atoms with Crippen molar-refractivity contribution in [1.29, 1.82) is 0 Å². The first-order valence-corrected chi connectivity index (χ1v) is 9.78. The second-order valence-electron chi connectivity index (χ2n) is 7.01. The standard InChI is InChI=1S/C22H27NO4/c1-3-5-11-23(12-6-4-2)15-18-19(24)10-9-17-21(25)20(27-22(17)18)14-16-8-7-13-26-16/h7-10,13-14,24H,3-6,11-12,15H2,1-2H3. The number of furan rings is 1. The summed E-state index contributed by atoms with van der Waals surface area (Å²) in [5, 5.41) is 12.5. The highest BCUT2D eigenvalue weighted by Crippen LogP contribution is 2.38. The van der Waals surface area contributed by atoms with Crippen LogP contribution in [0.3, 0.4) is 0 Å². The Balaban J connectivity index is 1.87. The highest BCUT2D eigenvalue weighted by atomic mass is 16.5. The SMILES string of the molecule is CCCC[NH+](CCCC)Cc1c([O-])ccc2c1OC(=Cc1ccco1)C2=O. The van der Waals surface area contributed by atoms with Crippen LogP contribution in [0.15, 0.2) is 40.7 Å². The molecule has 1 aromatic heterocycles. The Morgan fingerprint density at radius 1 is 1.11 bits per heavy atom. The van der Waals surface area contributed by atoms with Gasteiger partial charge in [-0.1, -0.05) is 38.5 Å². The summed E-state index contributed by atoms with van der Waals surface area (Å²) in [7, 11) is 0. The van der Waals surface area contributed by atoms with Crippen molar-refractivity contribution in [3.63, 3.8) is 0 Å². The van der Waals surface area contributed by atoms with E-state index in [2.05, 4.69) is 13.8 Å². The molecule has 0 amide bonds. The van der Waals surface area contributed by atoms with Gasteiger partial charge in [0.1, 0.15) is 18.1 Å². The van der Waals surface area contributed by atoms with Crippen molar-refractivity contribution in [1.82, 2.24) is 0 Å². The third-order valence-corrected chi connectivity index (χ3v) is 4.91. The zero-order valence-corrected chi connectivity index (χ0v) is 16.0. The summed E-state index contributed by atoms with van der Waals surface area (Å²) in [5.41, 5.74) is 1.07. The van der Waals surface area contributed by atoms with Gasteiger partial charge in [0.25, 0.3) is 0 Å². The lowest BCUT2D eigenvalue weighted by molar-refractivity contribution is -0.914. The molecule has 1 N–H and O–H groups in total. The largest absolute Gasteiger partial charge is 0.872 e. The van der Waals surface area contributed by atoms with Crippen LogP contribution < -0.4 is 14.7 Å². The number of hydrogen-bond acceptors (Lipinski definition) is 4. The Bertz CT molecular complexity index is 800. The van der Waals surface area contributed by atoms with Crippen LogP contribution in [0.4, 0.5) is 0 Å². The van der Waals surface area contributed by atoms with Crippen LogP contribution in [0.5, 0.6) is 11.5 Å². The number of hydrogen-bond donors (Lipinski definition) is 1. The van der Waals surface area contributed by atoms with Gasteiger partial charge in [0.05, 0.1) is 24.9 Å². The molecule has 1 aromatic carbocycles. The molecule has 0 aliphatic carbocycles. The van der Waals surface area contributed by atoms with E-state index in [1.807, 2.05) is 0 Å². The highest BCUT2D eigenvalue weighted by molar-refractivity contribution is 6.14. The van der Waals surface area contributed by atoms with Crippen LogP contribution in [0, 0.1) is 0 Å². The Morgan fingerprint density at radius 2 is 1.85 bits per heavy atom. The van der Waals surface area contributed by atoms with Gasteiger partial charge in [0.15, 0.2) is 5.76 Å². The number of allylic oxidation sites excluding steroid dienone is 1. The van der Waals surface area contributed by atoms with Gasteiger partial charge in [0, 0.05) is 11.6 Å². The van der Waals surface area contributed by atoms with E-state index < -0.39 is 0 Å². The number of Topliss-reactive ketones (excluding diaryl/α,β-unsaturated/α-hetero) is 1. The molecule has 1 aliphatic rings. The van der Waals surface area contributed by atoms with Gasteiger partial charge < -0.3 is 19.2 Å². The summed E-state index contributed by atoms with van der Waals surface area (Å²) in [5.74, 6) is 0.914. The number of quaternary nitrogens is 1. The average Bonchev–Trinajstić information content (AvgIpc) is 3.28. The van der Waals surface area contributed by atoms with Crippen LogP contribution in [0.1, 0.15) is 61.2 Å². The van der Waals surface area contributed by atoms with Gasteiger partial charge in [0.2, 0.25) is 5.78 Å². The maximum atomic E-state index is 12.7. The lowest BCUT2D eigenvalue weighted by Gasteiger charge is -2.23. The fraction of sp³-hybridized carbons (Fsp3) is 0.409. The lowest BCUT2D eigenvalue weighted by Crippen LogP contribution is -3.10. The molecule has 0 saturated carbocycles. The molecule has 0 unspecified atom stereocenters. The normalized spacial score (nSPS) is 14.8. The quantitative estimate of drug-likeness (QED) is 0.690. The molecule has 0 fully saturated rings. The molecule has 0 saturated heterocycles. The number of benzene rings is 1. The number of carbonyl (C=O) groups excluding carboxylic acids is 1. The number of carbonyl (C=O) groups is 1. The number of ketones is 1. The van der Waals surface area contributed by atoms with E-state index >= 15 is 0 Å². The van der Waals surface area contributed by atoms with Crippen LogP contribution in [-0.4, -0.2) is 18.9 Å². The monoisotopic (exact) mass is 369 g/mol. The topological polar surface area (TPSA) is 66.9 Å². The Hall–Kier alpha value is -2.53. The fourth-order valence-corrected chi connectivity index (χ4v) is 3.36. The summed E-state index contributed by atoms with van der Waals surface area (Å²) < 4.78 is 11.1. The predicted molar refractivity (Wildman–Crippen MR) is 102 cm³/mol. The molecule has 3 rings (SSSR count). The molecular weight excluding hydrogens is 342 g/mol. The zero-order valence-electron chi connectivity index (χ0n) is 16.0. The van der Waals surface area contributed by atoms with Gasteiger partial charge >= 0.3 is 0 Å². The number of nitrogens with one attached hydrogen (secondary N) is 1. The van der Waals surface area contributed by atoms with Crippen molar-refractivity contribution >= 4 is 11.9 Å². The second-order valence-corrected chi connectivity index (χ2v) is 7.01. The molecule has 5 heteroatoms. The Morgan fingerprint density at radius 3 is 2.48 bits per heavy atom. The van der Waals surface area contributed by atoms with Crippen molar-refractivity contribution in [3.8, 4) is 11.5 Å². The third-order valence-electron chi connectivity index (χ3n) is 4.91. The Labute approximate surface area is 160 Å². The number of fused-ring (bicyclic) bond motifs is 1. The molecule has 2 aromatic rings. The molecule has 5 nitrogen and oxygen atoms in total. The minimum atomic E-state index is -0.202. The van der Waals surface area contributed by atoms with Gasteiger partial charge in [-0.05, 0) is 31.0 Å². The summed E-state index contributed by atoms with van der Waals surface area (Å²) in [4.78, 5) is 14.0. The van der Waals surface area contributed by atoms with E-state index in [-0.39, 0.29) is 17.3 Å². The number of ether oxygens (including phenoxy) is 1. The smallest absolute Gasteiger partial charge is 0.232 e. The summed E-state index contributed by atoms with van der Waals surface area (Å²) in [6.07, 6.45) is 7.60. The fourth-order valence-electron chi connectivity index (χ4n) is 3.36.